The normalized spacial score (nSPS) is 19.3. The Morgan fingerprint density at radius 3 is 2.58 bits per heavy atom. The first-order valence-electron chi connectivity index (χ1n) is 11.2. The van der Waals surface area contributed by atoms with Gasteiger partial charge in [-0.15, -0.1) is 0 Å². The van der Waals surface area contributed by atoms with E-state index < -0.39 is 0 Å². The third-order valence-corrected chi connectivity index (χ3v) is 6.22. The van der Waals surface area contributed by atoms with Crippen LogP contribution in [0.5, 0.6) is 0 Å². The topological polar surface area (TPSA) is 58.6 Å². The molecule has 2 aliphatic heterocycles. The van der Waals surface area contributed by atoms with E-state index in [1.54, 1.807) is 6.07 Å². The zero-order valence-electron chi connectivity index (χ0n) is 18.6. The number of nitrogens with zero attached hydrogens (tertiary/aromatic N) is 4. The number of amides is 1. The number of halogens is 1. The van der Waals surface area contributed by atoms with E-state index in [0.717, 1.165) is 29.3 Å². The minimum Gasteiger partial charge on any atom is -0.381 e. The highest BCUT2D eigenvalue weighted by Crippen LogP contribution is 2.28. The molecule has 31 heavy (non-hydrogen) atoms. The molecule has 3 heterocycles. The number of carbonyl (C=O) groups is 1. The molecule has 0 N–H and O–H groups in total. The van der Waals surface area contributed by atoms with Gasteiger partial charge >= 0.3 is 0 Å². The molecule has 1 aromatic heterocycles. The second-order valence-electron chi connectivity index (χ2n) is 8.77. The first-order chi connectivity index (χ1) is 14.9. The van der Waals surface area contributed by atoms with Gasteiger partial charge in [0.1, 0.15) is 17.5 Å². The maximum Gasteiger partial charge on any atom is 0.228 e. The van der Waals surface area contributed by atoms with Gasteiger partial charge in [-0.25, -0.2) is 14.4 Å². The molecule has 7 heteroatoms. The summed E-state index contributed by atoms with van der Waals surface area (Å²) in [5.41, 5.74) is 2.49. The summed E-state index contributed by atoms with van der Waals surface area (Å²) in [7, 11) is 0. The average Bonchev–Trinajstić information content (AvgIpc) is 3.31. The molecule has 2 aromatic rings. The number of carbonyl (C=O) groups excluding carboxylic acids is 1. The molecule has 0 radical (unpaired) electrons. The Bertz CT molecular complexity index is 935. The van der Waals surface area contributed by atoms with E-state index in [1.165, 1.54) is 6.07 Å². The van der Waals surface area contributed by atoms with Gasteiger partial charge in [-0.2, -0.15) is 0 Å². The van der Waals surface area contributed by atoms with Crippen molar-refractivity contribution >= 4 is 11.7 Å². The molecule has 1 atom stereocenters. The van der Waals surface area contributed by atoms with Crippen LogP contribution in [0.2, 0.25) is 0 Å². The molecular formula is C24H31FN4O2. The van der Waals surface area contributed by atoms with Crippen molar-refractivity contribution in [2.75, 3.05) is 44.3 Å². The van der Waals surface area contributed by atoms with Crippen molar-refractivity contribution in [1.29, 1.82) is 0 Å². The number of hydrogen-bond acceptors (Lipinski definition) is 5. The van der Waals surface area contributed by atoms with Crippen LogP contribution in [0.25, 0.3) is 0 Å². The molecule has 1 unspecified atom stereocenters. The number of aryl methyl sites for hydroxylation is 1. The van der Waals surface area contributed by atoms with Crippen LogP contribution in [-0.2, 0) is 16.0 Å². The molecular weight excluding hydrogens is 395 g/mol. The van der Waals surface area contributed by atoms with Gasteiger partial charge in [0.25, 0.3) is 0 Å². The summed E-state index contributed by atoms with van der Waals surface area (Å²) in [6.07, 6.45) is 1.26. The SMILES string of the molecule is Cc1nc(C(C)C)nc(N2CCN(C(=O)C3CCOC3)CC2)c1Cc1ccccc1F. The minimum absolute atomic E-state index is 0.00277. The van der Waals surface area contributed by atoms with Gasteiger partial charge in [0, 0.05) is 56.4 Å². The molecule has 166 valence electrons. The molecule has 0 saturated carbocycles. The van der Waals surface area contributed by atoms with Gasteiger partial charge in [-0.05, 0) is 25.0 Å². The Labute approximate surface area is 183 Å². The summed E-state index contributed by atoms with van der Waals surface area (Å²) in [6.45, 7) is 10.1. The van der Waals surface area contributed by atoms with Gasteiger partial charge in [0.05, 0.1) is 12.5 Å². The lowest BCUT2D eigenvalue weighted by Gasteiger charge is -2.37. The van der Waals surface area contributed by atoms with E-state index in [1.807, 2.05) is 24.0 Å². The van der Waals surface area contributed by atoms with Crippen LogP contribution in [0, 0.1) is 18.7 Å². The summed E-state index contributed by atoms with van der Waals surface area (Å²) in [4.78, 5) is 26.5. The van der Waals surface area contributed by atoms with Crippen molar-refractivity contribution in [2.45, 2.75) is 39.5 Å². The number of rotatable bonds is 5. The van der Waals surface area contributed by atoms with Gasteiger partial charge in [-0.1, -0.05) is 32.0 Å². The van der Waals surface area contributed by atoms with Crippen LogP contribution in [0.1, 0.15) is 48.8 Å². The highest BCUT2D eigenvalue weighted by Gasteiger charge is 2.31. The fourth-order valence-corrected chi connectivity index (χ4v) is 4.29. The zero-order chi connectivity index (χ0) is 22.0. The molecule has 0 spiro atoms. The molecule has 2 aliphatic rings. The van der Waals surface area contributed by atoms with E-state index >= 15 is 0 Å². The number of benzene rings is 1. The largest absolute Gasteiger partial charge is 0.381 e. The standard InChI is InChI=1S/C24H31FN4O2/c1-16(2)22-26-17(3)20(14-18-6-4-5-7-21(18)25)23(27-22)28-9-11-29(12-10-28)24(30)19-8-13-31-15-19/h4-7,16,19H,8-15H2,1-3H3. The lowest BCUT2D eigenvalue weighted by atomic mass is 10.0. The number of anilines is 1. The summed E-state index contributed by atoms with van der Waals surface area (Å²) < 4.78 is 19.8. The molecule has 2 saturated heterocycles. The summed E-state index contributed by atoms with van der Waals surface area (Å²) >= 11 is 0. The van der Waals surface area contributed by atoms with Crippen LogP contribution in [-0.4, -0.2) is 60.2 Å². The van der Waals surface area contributed by atoms with Gasteiger partial charge in [-0.3, -0.25) is 4.79 Å². The van der Waals surface area contributed by atoms with E-state index in [4.69, 9.17) is 14.7 Å². The predicted octanol–water partition coefficient (Wildman–Crippen LogP) is 3.32. The molecule has 0 bridgehead atoms. The molecule has 0 aliphatic carbocycles. The summed E-state index contributed by atoms with van der Waals surface area (Å²) in [5.74, 6) is 1.85. The summed E-state index contributed by atoms with van der Waals surface area (Å²) in [5, 5.41) is 0. The predicted molar refractivity (Wildman–Crippen MR) is 118 cm³/mol. The van der Waals surface area contributed by atoms with Crippen LogP contribution < -0.4 is 4.90 Å². The van der Waals surface area contributed by atoms with E-state index in [9.17, 15) is 9.18 Å². The van der Waals surface area contributed by atoms with Gasteiger partial charge in [0.2, 0.25) is 5.91 Å². The zero-order valence-corrected chi connectivity index (χ0v) is 18.6. The second kappa shape index (κ2) is 9.30. The summed E-state index contributed by atoms with van der Waals surface area (Å²) in [6, 6.07) is 6.87. The quantitative estimate of drug-likeness (QED) is 0.734. The highest BCUT2D eigenvalue weighted by molar-refractivity contribution is 5.79. The maximum atomic E-state index is 14.4. The average molecular weight is 427 g/mol. The van der Waals surface area contributed by atoms with E-state index in [0.29, 0.717) is 51.4 Å². The van der Waals surface area contributed by atoms with Crippen LogP contribution in [0.4, 0.5) is 10.2 Å². The fourth-order valence-electron chi connectivity index (χ4n) is 4.29. The van der Waals surface area contributed by atoms with Crippen molar-refractivity contribution in [3.05, 3.63) is 52.7 Å². The molecule has 1 amide bonds. The van der Waals surface area contributed by atoms with Gasteiger partial charge in [0.15, 0.2) is 0 Å². The first kappa shape index (κ1) is 21.7. The smallest absolute Gasteiger partial charge is 0.228 e. The Morgan fingerprint density at radius 1 is 1.19 bits per heavy atom. The van der Waals surface area contributed by atoms with Crippen LogP contribution >= 0.6 is 0 Å². The van der Waals surface area contributed by atoms with Gasteiger partial charge < -0.3 is 14.5 Å². The second-order valence-corrected chi connectivity index (χ2v) is 8.77. The monoisotopic (exact) mass is 426 g/mol. The molecule has 2 fully saturated rings. The van der Waals surface area contributed by atoms with Crippen molar-refractivity contribution < 1.29 is 13.9 Å². The Kier molecular flexibility index (Phi) is 6.51. The Balaban J connectivity index is 1.57. The van der Waals surface area contributed by atoms with Crippen molar-refractivity contribution in [1.82, 2.24) is 14.9 Å². The Morgan fingerprint density at radius 2 is 1.94 bits per heavy atom. The lowest BCUT2D eigenvalue weighted by Crippen LogP contribution is -2.51. The number of ether oxygens (including phenoxy) is 1. The molecule has 1 aromatic carbocycles. The van der Waals surface area contributed by atoms with Crippen molar-refractivity contribution in [3.8, 4) is 0 Å². The molecule has 6 nitrogen and oxygen atoms in total. The van der Waals surface area contributed by atoms with E-state index in [-0.39, 0.29) is 23.6 Å². The first-order valence-corrected chi connectivity index (χ1v) is 11.2. The third kappa shape index (κ3) is 4.71. The number of hydrogen-bond donors (Lipinski definition) is 0. The fraction of sp³-hybridized carbons (Fsp3) is 0.542. The van der Waals surface area contributed by atoms with Crippen LogP contribution in [0.15, 0.2) is 24.3 Å². The maximum absolute atomic E-state index is 14.4. The number of piperazine rings is 1. The van der Waals surface area contributed by atoms with Crippen molar-refractivity contribution in [3.63, 3.8) is 0 Å². The van der Waals surface area contributed by atoms with Crippen LogP contribution in [0.3, 0.4) is 0 Å². The van der Waals surface area contributed by atoms with Crippen molar-refractivity contribution in [2.24, 2.45) is 5.92 Å². The highest BCUT2D eigenvalue weighted by atomic mass is 19.1. The minimum atomic E-state index is -0.213. The molecule has 4 rings (SSSR count). The number of aromatic nitrogens is 2. The Hall–Kier alpha value is -2.54. The lowest BCUT2D eigenvalue weighted by molar-refractivity contribution is -0.135. The third-order valence-electron chi connectivity index (χ3n) is 6.22. The van der Waals surface area contributed by atoms with E-state index in [2.05, 4.69) is 18.7 Å².